The molecule has 0 unspecified atom stereocenters. The Kier molecular flexibility index (Phi) is 2.82. The average Bonchev–Trinajstić information content (AvgIpc) is 2.89. The van der Waals surface area contributed by atoms with E-state index in [9.17, 15) is 4.79 Å². The van der Waals surface area contributed by atoms with Gasteiger partial charge in [0.15, 0.2) is 0 Å². The number of carbonyl (C=O) groups excluding carboxylic acids is 1. The second-order valence-electron chi connectivity index (χ2n) is 5.52. The minimum Gasteiger partial charge on any atom is -0.384 e. The Hall–Kier alpha value is -2.89. The zero-order chi connectivity index (χ0) is 15.1. The number of nitrogens with two attached hydrogens (primary N) is 1. The maximum atomic E-state index is 12.3. The molecule has 0 bridgehead atoms. The van der Waals surface area contributed by atoms with Gasteiger partial charge in [-0.25, -0.2) is 9.97 Å². The summed E-state index contributed by atoms with van der Waals surface area (Å²) in [5.74, 6) is 1.61. The summed E-state index contributed by atoms with van der Waals surface area (Å²) in [5, 5.41) is 0. The molecule has 0 saturated carbocycles. The summed E-state index contributed by atoms with van der Waals surface area (Å²) in [6.07, 6.45) is 1.52. The van der Waals surface area contributed by atoms with Crippen molar-refractivity contribution >= 4 is 22.8 Å². The SMILES string of the molecule is Nc1ccc(C(=O)N2CC(c3nc4ccccc4[nH]3)C2)cn1. The number of imidazole rings is 1. The third-order valence-corrected chi connectivity index (χ3v) is 4.00. The molecule has 2 aromatic heterocycles. The molecule has 1 fully saturated rings. The predicted octanol–water partition coefficient (Wildman–Crippen LogP) is 1.78. The number of rotatable bonds is 2. The summed E-state index contributed by atoms with van der Waals surface area (Å²) in [5.41, 5.74) is 8.10. The number of fused-ring (bicyclic) bond motifs is 1. The van der Waals surface area contributed by atoms with Gasteiger partial charge >= 0.3 is 0 Å². The smallest absolute Gasteiger partial charge is 0.255 e. The van der Waals surface area contributed by atoms with Gasteiger partial charge < -0.3 is 15.6 Å². The summed E-state index contributed by atoms with van der Waals surface area (Å²) < 4.78 is 0. The van der Waals surface area contributed by atoms with Crippen LogP contribution < -0.4 is 5.73 Å². The van der Waals surface area contributed by atoms with Crippen molar-refractivity contribution < 1.29 is 4.79 Å². The predicted molar refractivity (Wildman–Crippen MR) is 83.4 cm³/mol. The van der Waals surface area contributed by atoms with Gasteiger partial charge in [0.1, 0.15) is 11.6 Å². The standard InChI is InChI=1S/C16H15N5O/c17-14-6-5-10(7-18-14)16(22)21-8-11(9-21)15-19-12-3-1-2-4-13(12)20-15/h1-7,11H,8-9H2,(H2,17,18)(H,19,20). The van der Waals surface area contributed by atoms with Crippen molar-refractivity contribution in [1.29, 1.82) is 0 Å². The maximum Gasteiger partial charge on any atom is 0.255 e. The molecule has 1 aliphatic heterocycles. The highest BCUT2D eigenvalue weighted by Gasteiger charge is 2.34. The highest BCUT2D eigenvalue weighted by molar-refractivity contribution is 5.94. The van der Waals surface area contributed by atoms with Crippen molar-refractivity contribution in [1.82, 2.24) is 19.9 Å². The molecule has 0 atom stereocenters. The number of amides is 1. The van der Waals surface area contributed by atoms with Gasteiger partial charge in [-0.05, 0) is 24.3 Å². The Bertz CT molecular complexity index is 800. The van der Waals surface area contributed by atoms with E-state index in [1.807, 2.05) is 24.3 Å². The van der Waals surface area contributed by atoms with E-state index in [1.165, 1.54) is 6.20 Å². The second-order valence-corrected chi connectivity index (χ2v) is 5.52. The Balaban J connectivity index is 1.47. The van der Waals surface area contributed by atoms with E-state index in [0.717, 1.165) is 16.9 Å². The van der Waals surface area contributed by atoms with Crippen molar-refractivity contribution in [3.63, 3.8) is 0 Å². The molecule has 110 valence electrons. The maximum absolute atomic E-state index is 12.3. The summed E-state index contributed by atoms with van der Waals surface area (Å²) in [4.78, 5) is 26.0. The van der Waals surface area contributed by atoms with Crippen LogP contribution in [0.25, 0.3) is 11.0 Å². The van der Waals surface area contributed by atoms with Gasteiger partial charge in [0.2, 0.25) is 0 Å². The summed E-state index contributed by atoms with van der Waals surface area (Å²) in [7, 11) is 0. The number of nitrogen functional groups attached to an aromatic ring is 1. The molecule has 4 rings (SSSR count). The van der Waals surface area contributed by atoms with Crippen LogP contribution in [0.4, 0.5) is 5.82 Å². The van der Waals surface area contributed by atoms with E-state index in [1.54, 1.807) is 17.0 Å². The summed E-state index contributed by atoms with van der Waals surface area (Å²) in [6.45, 7) is 1.34. The van der Waals surface area contributed by atoms with Crippen molar-refractivity contribution in [3.8, 4) is 0 Å². The number of H-pyrrole nitrogens is 1. The van der Waals surface area contributed by atoms with Gasteiger partial charge in [-0.1, -0.05) is 12.1 Å². The molecule has 3 aromatic rings. The minimum atomic E-state index is -0.0140. The molecule has 1 aliphatic rings. The van der Waals surface area contributed by atoms with Gasteiger partial charge in [0.25, 0.3) is 5.91 Å². The van der Waals surface area contributed by atoms with Crippen LogP contribution in [0.3, 0.4) is 0 Å². The molecule has 1 saturated heterocycles. The number of benzene rings is 1. The highest BCUT2D eigenvalue weighted by atomic mass is 16.2. The van der Waals surface area contributed by atoms with Gasteiger partial charge in [-0.15, -0.1) is 0 Å². The normalized spacial score (nSPS) is 15.0. The van der Waals surface area contributed by atoms with Crippen LogP contribution in [-0.2, 0) is 0 Å². The lowest BCUT2D eigenvalue weighted by molar-refractivity contribution is 0.0595. The van der Waals surface area contributed by atoms with Gasteiger partial charge in [0.05, 0.1) is 22.5 Å². The zero-order valence-corrected chi connectivity index (χ0v) is 11.9. The van der Waals surface area contributed by atoms with Gasteiger partial charge in [0, 0.05) is 19.3 Å². The lowest BCUT2D eigenvalue weighted by Crippen LogP contribution is -2.48. The molecular weight excluding hydrogens is 278 g/mol. The number of likely N-dealkylation sites (tertiary alicyclic amines) is 1. The van der Waals surface area contributed by atoms with Crippen LogP contribution in [0.1, 0.15) is 22.1 Å². The Labute approximate surface area is 127 Å². The number of aromatic amines is 1. The minimum absolute atomic E-state index is 0.0140. The fourth-order valence-corrected chi connectivity index (χ4v) is 2.70. The Morgan fingerprint density at radius 1 is 1.23 bits per heavy atom. The number of nitrogens with one attached hydrogen (secondary N) is 1. The first-order valence-corrected chi connectivity index (χ1v) is 7.16. The molecule has 1 amide bonds. The third kappa shape index (κ3) is 2.09. The lowest BCUT2D eigenvalue weighted by atomic mass is 9.98. The van der Waals surface area contributed by atoms with Crippen LogP contribution in [0.15, 0.2) is 42.6 Å². The first-order chi connectivity index (χ1) is 10.7. The van der Waals surface area contributed by atoms with Crippen molar-refractivity contribution in [2.45, 2.75) is 5.92 Å². The monoisotopic (exact) mass is 293 g/mol. The zero-order valence-electron chi connectivity index (χ0n) is 11.9. The van der Waals surface area contributed by atoms with Crippen LogP contribution in [0.2, 0.25) is 0 Å². The number of para-hydroxylation sites is 2. The molecular formula is C16H15N5O. The number of anilines is 1. The number of hydrogen-bond donors (Lipinski definition) is 2. The largest absolute Gasteiger partial charge is 0.384 e. The molecule has 0 aliphatic carbocycles. The fourth-order valence-electron chi connectivity index (χ4n) is 2.70. The number of hydrogen-bond acceptors (Lipinski definition) is 4. The average molecular weight is 293 g/mol. The van der Waals surface area contributed by atoms with Crippen LogP contribution in [0, 0.1) is 0 Å². The van der Waals surface area contributed by atoms with E-state index in [2.05, 4.69) is 15.0 Å². The summed E-state index contributed by atoms with van der Waals surface area (Å²) >= 11 is 0. The lowest BCUT2D eigenvalue weighted by Gasteiger charge is -2.38. The van der Waals surface area contributed by atoms with E-state index < -0.39 is 0 Å². The highest BCUT2D eigenvalue weighted by Crippen LogP contribution is 2.27. The van der Waals surface area contributed by atoms with Crippen molar-refractivity contribution in [2.75, 3.05) is 18.8 Å². The van der Waals surface area contributed by atoms with Gasteiger partial charge in [-0.3, -0.25) is 4.79 Å². The van der Waals surface area contributed by atoms with E-state index >= 15 is 0 Å². The fraction of sp³-hybridized carbons (Fsp3) is 0.188. The summed E-state index contributed by atoms with van der Waals surface area (Å²) in [6, 6.07) is 11.3. The molecule has 6 heteroatoms. The van der Waals surface area contributed by atoms with Crippen LogP contribution in [-0.4, -0.2) is 38.8 Å². The topological polar surface area (TPSA) is 87.9 Å². The van der Waals surface area contributed by atoms with E-state index in [-0.39, 0.29) is 11.8 Å². The Morgan fingerprint density at radius 3 is 2.77 bits per heavy atom. The molecule has 0 spiro atoms. The Morgan fingerprint density at radius 2 is 2.05 bits per heavy atom. The van der Waals surface area contributed by atoms with Gasteiger partial charge in [-0.2, -0.15) is 0 Å². The first kappa shape index (κ1) is 12.8. The number of aromatic nitrogens is 3. The molecule has 3 N–H and O–H groups in total. The molecule has 22 heavy (non-hydrogen) atoms. The quantitative estimate of drug-likeness (QED) is 0.754. The molecule has 6 nitrogen and oxygen atoms in total. The van der Waals surface area contributed by atoms with Crippen molar-refractivity contribution in [3.05, 3.63) is 54.0 Å². The van der Waals surface area contributed by atoms with Crippen molar-refractivity contribution in [2.24, 2.45) is 0 Å². The second kappa shape index (κ2) is 4.84. The number of pyridine rings is 1. The van der Waals surface area contributed by atoms with Crippen LogP contribution in [0.5, 0.6) is 0 Å². The number of nitrogens with zero attached hydrogens (tertiary/aromatic N) is 3. The van der Waals surface area contributed by atoms with E-state index in [0.29, 0.717) is 24.5 Å². The first-order valence-electron chi connectivity index (χ1n) is 7.16. The van der Waals surface area contributed by atoms with E-state index in [4.69, 9.17) is 5.73 Å². The number of carbonyl (C=O) groups is 1. The molecule has 0 radical (unpaired) electrons. The molecule has 3 heterocycles. The van der Waals surface area contributed by atoms with Crippen LogP contribution >= 0.6 is 0 Å². The molecule has 1 aromatic carbocycles. The third-order valence-electron chi connectivity index (χ3n) is 4.00.